The molecule has 0 aliphatic rings. The van der Waals surface area contributed by atoms with Crippen LogP contribution in [0.2, 0.25) is 0 Å². The molecule has 1 aromatic rings. The molecule has 166 valence electrons. The summed E-state index contributed by atoms with van der Waals surface area (Å²) in [7, 11) is -0.917. The number of rotatable bonds is 12. The van der Waals surface area contributed by atoms with Crippen LogP contribution < -0.4 is 5.73 Å². The van der Waals surface area contributed by atoms with Gasteiger partial charge >= 0.3 is 0 Å². The Morgan fingerprint density at radius 1 is 0.929 bits per heavy atom. The number of unbranched alkanes of at least 4 members (excludes halogenated alkanes) is 5. The van der Waals surface area contributed by atoms with Gasteiger partial charge in [0.2, 0.25) is 0 Å². The number of aryl methyl sites for hydroxylation is 3. The molecule has 0 heterocycles. The van der Waals surface area contributed by atoms with Crippen LogP contribution in [-0.2, 0) is 12.8 Å². The van der Waals surface area contributed by atoms with Crippen molar-refractivity contribution in [1.29, 1.82) is 0 Å². The summed E-state index contributed by atoms with van der Waals surface area (Å²) in [5, 5.41) is 18.5. The maximum Gasteiger partial charge on any atom is 0.149 e. The minimum absolute atomic E-state index is 0.182. The zero-order valence-corrected chi connectivity index (χ0v) is 19.4. The fraction of sp³-hybridized carbons (Fsp3) is 0.727. The topological polar surface area (TPSA) is 107 Å². The van der Waals surface area contributed by atoms with Gasteiger partial charge in [-0.25, -0.2) is 0 Å². The zero-order chi connectivity index (χ0) is 21.8. The normalized spacial score (nSPS) is 10.6. The summed E-state index contributed by atoms with van der Waals surface area (Å²) in [5.74, 6) is 0. The number of aliphatic hydroxyl groups excluding tert-OH is 2. The van der Waals surface area contributed by atoms with E-state index >= 15 is 0 Å². The molecular weight excluding hydrogens is 373 g/mol. The molecule has 1 aromatic carbocycles. The number of hydrogen-bond acceptors (Lipinski definition) is 5. The van der Waals surface area contributed by atoms with Gasteiger partial charge in [0.25, 0.3) is 0 Å². The standard InChI is InChI=1S/C20H35NO2.C2H6.H3O2P/c1-3-4-5-6-7-8-9-18-10-11-19(17(2)14-18)12-13-20(21,15-22)16-23;1-2;1-3-2/h10-11,14,22-23H,3-9,12-13,15-16,21H2,1-2H3;1-2H3;1-3H. The van der Waals surface area contributed by atoms with E-state index in [0.717, 1.165) is 12.8 Å². The highest BCUT2D eigenvalue weighted by Crippen LogP contribution is 2.18. The number of aliphatic hydroxyl groups is 2. The SMILES string of the molecule is CC.CCCCCCCCc1ccc(CCC(N)(CO)CO)c(C)c1.OPO. The van der Waals surface area contributed by atoms with Gasteiger partial charge < -0.3 is 25.7 Å². The molecule has 0 amide bonds. The molecule has 0 fully saturated rings. The van der Waals surface area contributed by atoms with Gasteiger partial charge in [-0.1, -0.05) is 71.1 Å². The summed E-state index contributed by atoms with van der Waals surface area (Å²) >= 11 is 0. The zero-order valence-electron chi connectivity index (χ0n) is 18.4. The molecular formula is C22H44NO4P. The first kappa shape index (κ1) is 29.6. The van der Waals surface area contributed by atoms with E-state index in [1.165, 1.54) is 55.2 Å². The van der Waals surface area contributed by atoms with Crippen LogP contribution in [-0.4, -0.2) is 38.8 Å². The van der Waals surface area contributed by atoms with E-state index in [0.29, 0.717) is 6.42 Å². The van der Waals surface area contributed by atoms with Gasteiger partial charge in [0.05, 0.1) is 18.8 Å². The average Bonchev–Trinajstić information content (AvgIpc) is 2.72. The van der Waals surface area contributed by atoms with Crippen LogP contribution in [0, 0.1) is 6.92 Å². The molecule has 0 aliphatic heterocycles. The minimum Gasteiger partial charge on any atom is -0.394 e. The van der Waals surface area contributed by atoms with Gasteiger partial charge in [-0.3, -0.25) is 0 Å². The highest BCUT2D eigenvalue weighted by Gasteiger charge is 2.22. The molecule has 0 aliphatic carbocycles. The molecule has 0 aromatic heterocycles. The number of nitrogens with two attached hydrogens (primary N) is 1. The van der Waals surface area contributed by atoms with Crippen LogP contribution >= 0.6 is 9.03 Å². The van der Waals surface area contributed by atoms with E-state index in [9.17, 15) is 10.2 Å². The third kappa shape index (κ3) is 14.4. The lowest BCUT2D eigenvalue weighted by Gasteiger charge is -2.24. The molecule has 1 rings (SSSR count). The largest absolute Gasteiger partial charge is 0.394 e. The Bertz CT molecular complexity index is 468. The molecule has 6 heteroatoms. The summed E-state index contributed by atoms with van der Waals surface area (Å²) in [4.78, 5) is 14.3. The van der Waals surface area contributed by atoms with Crippen molar-refractivity contribution in [3.63, 3.8) is 0 Å². The first-order chi connectivity index (χ1) is 13.5. The summed E-state index contributed by atoms with van der Waals surface area (Å²) in [6.07, 6.45) is 10.5. The smallest absolute Gasteiger partial charge is 0.149 e. The highest BCUT2D eigenvalue weighted by molar-refractivity contribution is 7.23. The van der Waals surface area contributed by atoms with E-state index in [4.69, 9.17) is 15.5 Å². The molecule has 0 atom stereocenters. The van der Waals surface area contributed by atoms with Gasteiger partial charge in [0.15, 0.2) is 0 Å². The molecule has 0 spiro atoms. The lowest BCUT2D eigenvalue weighted by atomic mass is 9.91. The highest BCUT2D eigenvalue weighted by atomic mass is 31.1. The second-order valence-corrected chi connectivity index (χ2v) is 7.26. The van der Waals surface area contributed by atoms with Crippen molar-refractivity contribution < 1.29 is 20.0 Å². The third-order valence-corrected chi connectivity index (χ3v) is 4.75. The summed E-state index contributed by atoms with van der Waals surface area (Å²) < 4.78 is 0. The average molecular weight is 418 g/mol. The second kappa shape index (κ2) is 19.8. The maximum absolute atomic E-state index is 9.27. The van der Waals surface area contributed by atoms with Gasteiger partial charge in [-0.15, -0.1) is 0 Å². The Morgan fingerprint density at radius 3 is 1.96 bits per heavy atom. The lowest BCUT2D eigenvalue weighted by Crippen LogP contribution is -2.47. The second-order valence-electron chi connectivity index (χ2n) is 7.06. The number of hydrogen-bond donors (Lipinski definition) is 5. The van der Waals surface area contributed by atoms with E-state index in [2.05, 4.69) is 32.0 Å². The Hall–Kier alpha value is -0.550. The van der Waals surface area contributed by atoms with Crippen LogP contribution in [0.25, 0.3) is 0 Å². The summed E-state index contributed by atoms with van der Waals surface area (Å²) in [6.45, 7) is 8.02. The monoisotopic (exact) mass is 417 g/mol. The predicted molar refractivity (Wildman–Crippen MR) is 122 cm³/mol. The van der Waals surface area contributed by atoms with Crippen molar-refractivity contribution in [2.75, 3.05) is 13.2 Å². The first-order valence-corrected chi connectivity index (χ1v) is 11.5. The van der Waals surface area contributed by atoms with E-state index in [1.54, 1.807) is 0 Å². The van der Waals surface area contributed by atoms with Crippen molar-refractivity contribution in [2.24, 2.45) is 5.73 Å². The van der Waals surface area contributed by atoms with Gasteiger partial charge in [0, 0.05) is 0 Å². The minimum atomic E-state index is -0.917. The van der Waals surface area contributed by atoms with E-state index in [-0.39, 0.29) is 13.2 Å². The van der Waals surface area contributed by atoms with Gasteiger partial charge in [0.1, 0.15) is 9.03 Å². The molecule has 0 radical (unpaired) electrons. The van der Waals surface area contributed by atoms with Crippen molar-refractivity contribution in [1.82, 2.24) is 0 Å². The van der Waals surface area contributed by atoms with Gasteiger partial charge in [-0.2, -0.15) is 0 Å². The fourth-order valence-corrected chi connectivity index (χ4v) is 2.90. The lowest BCUT2D eigenvalue weighted by molar-refractivity contribution is 0.115. The van der Waals surface area contributed by atoms with Crippen molar-refractivity contribution in [3.8, 4) is 0 Å². The predicted octanol–water partition coefficient (Wildman–Crippen LogP) is 4.02. The van der Waals surface area contributed by atoms with Crippen LogP contribution in [0.1, 0.15) is 82.4 Å². The van der Waals surface area contributed by atoms with E-state index < -0.39 is 14.6 Å². The van der Waals surface area contributed by atoms with Crippen molar-refractivity contribution in [2.45, 2.75) is 91.0 Å². The Labute approximate surface area is 174 Å². The van der Waals surface area contributed by atoms with Crippen molar-refractivity contribution in [3.05, 3.63) is 34.9 Å². The molecule has 0 saturated carbocycles. The fourth-order valence-electron chi connectivity index (χ4n) is 2.90. The summed E-state index contributed by atoms with van der Waals surface area (Å²) in [5.41, 5.74) is 9.02. The molecule has 0 bridgehead atoms. The first-order valence-electron chi connectivity index (χ1n) is 10.6. The Morgan fingerprint density at radius 2 is 1.46 bits per heavy atom. The van der Waals surface area contributed by atoms with Crippen LogP contribution in [0.3, 0.4) is 0 Å². The summed E-state index contributed by atoms with van der Waals surface area (Å²) in [6, 6.07) is 6.67. The Balaban J connectivity index is 0. The van der Waals surface area contributed by atoms with Crippen LogP contribution in [0.15, 0.2) is 18.2 Å². The molecule has 0 saturated heterocycles. The number of benzene rings is 1. The molecule has 0 unspecified atom stereocenters. The third-order valence-electron chi connectivity index (χ3n) is 4.75. The molecule has 6 N–H and O–H groups in total. The van der Waals surface area contributed by atoms with E-state index in [1.807, 2.05) is 13.8 Å². The van der Waals surface area contributed by atoms with Crippen LogP contribution in [0.4, 0.5) is 0 Å². The maximum atomic E-state index is 9.27. The van der Waals surface area contributed by atoms with Gasteiger partial charge in [-0.05, 0) is 49.3 Å². The molecule has 5 nitrogen and oxygen atoms in total. The quantitative estimate of drug-likeness (QED) is 0.261. The molecule has 28 heavy (non-hydrogen) atoms. The van der Waals surface area contributed by atoms with Crippen molar-refractivity contribution >= 4 is 9.03 Å². The Kier molecular flexibility index (Phi) is 20.9. The van der Waals surface area contributed by atoms with Crippen LogP contribution in [0.5, 0.6) is 0 Å².